The number of nitrogens with two attached hydrogens (primary N) is 1. The largest absolute Gasteiger partial charge is 0.442 e. The van der Waals surface area contributed by atoms with E-state index in [1.54, 1.807) is 25.1 Å². The van der Waals surface area contributed by atoms with E-state index >= 15 is 0 Å². The molecule has 0 bridgehead atoms. The predicted octanol–water partition coefficient (Wildman–Crippen LogP) is 0.677. The van der Waals surface area contributed by atoms with Gasteiger partial charge in [0.25, 0.3) is 0 Å². The molecular weight excluding hydrogens is 234 g/mol. The molecule has 0 unspecified atom stereocenters. The van der Waals surface area contributed by atoms with Crippen molar-refractivity contribution < 1.29 is 9.53 Å². The Hall–Kier alpha value is -2.08. The number of ether oxygens (including phenoxy) is 1. The minimum atomic E-state index is -0.518. The molecule has 1 aromatic rings. The summed E-state index contributed by atoms with van der Waals surface area (Å²) in [5.41, 5.74) is 5.79. The lowest BCUT2D eigenvalue weighted by Gasteiger charge is -2.13. The van der Waals surface area contributed by atoms with Crippen molar-refractivity contribution in [2.24, 2.45) is 5.73 Å². The van der Waals surface area contributed by atoms with E-state index in [0.29, 0.717) is 13.1 Å². The van der Waals surface area contributed by atoms with Gasteiger partial charge in [0.05, 0.1) is 0 Å². The van der Waals surface area contributed by atoms with Crippen LogP contribution in [0.3, 0.4) is 0 Å². The quantitative estimate of drug-likeness (QED) is 0.670. The zero-order chi connectivity index (χ0) is 13.4. The molecule has 1 aromatic heterocycles. The first-order valence-electron chi connectivity index (χ1n) is 5.61. The van der Waals surface area contributed by atoms with E-state index in [2.05, 4.69) is 10.3 Å². The second-order valence-electron chi connectivity index (χ2n) is 3.62. The van der Waals surface area contributed by atoms with Crippen LogP contribution in [0.4, 0.5) is 4.79 Å². The molecule has 1 amide bonds. The van der Waals surface area contributed by atoms with Crippen LogP contribution in [0.2, 0.25) is 0 Å². The normalized spacial score (nSPS) is 12.3. The van der Waals surface area contributed by atoms with Crippen LogP contribution in [0.1, 0.15) is 18.6 Å². The van der Waals surface area contributed by atoms with Crippen molar-refractivity contribution in [3.05, 3.63) is 46.4 Å². The van der Waals surface area contributed by atoms with Gasteiger partial charge in [0.2, 0.25) is 5.56 Å². The molecule has 0 saturated heterocycles. The Morgan fingerprint density at radius 3 is 2.94 bits per heavy atom. The lowest BCUT2D eigenvalue weighted by atomic mass is 10.2. The number of H-pyrrole nitrogens is 1. The number of pyridine rings is 1. The summed E-state index contributed by atoms with van der Waals surface area (Å²) in [6.45, 7) is 2.53. The van der Waals surface area contributed by atoms with Crippen LogP contribution in [0.25, 0.3) is 0 Å². The summed E-state index contributed by atoms with van der Waals surface area (Å²) in [6, 6.07) is 3.00. The average molecular weight is 251 g/mol. The molecule has 6 nitrogen and oxygen atoms in total. The fourth-order valence-electron chi connectivity index (χ4n) is 1.27. The van der Waals surface area contributed by atoms with Crippen LogP contribution in [-0.2, 0) is 4.74 Å². The molecular formula is C12H17N3O3. The maximum absolute atomic E-state index is 11.4. The predicted molar refractivity (Wildman–Crippen MR) is 68.2 cm³/mol. The molecule has 0 aliphatic rings. The van der Waals surface area contributed by atoms with Gasteiger partial charge in [-0.05, 0) is 13.0 Å². The van der Waals surface area contributed by atoms with Crippen LogP contribution in [0.5, 0.6) is 0 Å². The van der Waals surface area contributed by atoms with E-state index in [9.17, 15) is 9.59 Å². The minimum Gasteiger partial charge on any atom is -0.442 e. The second-order valence-corrected chi connectivity index (χ2v) is 3.62. The third kappa shape index (κ3) is 4.84. The molecule has 0 saturated carbocycles. The zero-order valence-corrected chi connectivity index (χ0v) is 10.2. The average Bonchev–Trinajstić information content (AvgIpc) is 2.35. The number of hydrogen-bond donors (Lipinski definition) is 3. The standard InChI is InChI=1S/C12H17N3O3/c1-9(10-4-5-11(16)15-8-10)18-12(17)14-7-3-2-6-13/h2-5,8-9H,6-7,13H2,1H3,(H,14,17)(H,15,16)/b3-2+/t9-/m0/s1. The van der Waals surface area contributed by atoms with Gasteiger partial charge in [-0.3, -0.25) is 4.79 Å². The maximum atomic E-state index is 11.4. The van der Waals surface area contributed by atoms with Crippen molar-refractivity contribution in [3.8, 4) is 0 Å². The molecule has 0 aromatic carbocycles. The van der Waals surface area contributed by atoms with Gasteiger partial charge in [0, 0.05) is 30.9 Å². The highest BCUT2D eigenvalue weighted by Crippen LogP contribution is 2.13. The van der Waals surface area contributed by atoms with Crippen LogP contribution in [0, 0.1) is 0 Å². The van der Waals surface area contributed by atoms with Gasteiger partial charge in [-0.25, -0.2) is 4.79 Å². The molecule has 6 heteroatoms. The van der Waals surface area contributed by atoms with Crippen molar-refractivity contribution in [1.82, 2.24) is 10.3 Å². The van der Waals surface area contributed by atoms with Crippen LogP contribution < -0.4 is 16.6 Å². The lowest BCUT2D eigenvalue weighted by Crippen LogP contribution is -2.25. The number of nitrogens with one attached hydrogen (secondary N) is 2. The summed E-state index contributed by atoms with van der Waals surface area (Å²) >= 11 is 0. The molecule has 98 valence electrons. The van der Waals surface area contributed by atoms with E-state index in [1.807, 2.05) is 0 Å². The molecule has 0 spiro atoms. The zero-order valence-electron chi connectivity index (χ0n) is 10.2. The number of aromatic amines is 1. The molecule has 0 aliphatic carbocycles. The van der Waals surface area contributed by atoms with Gasteiger partial charge < -0.3 is 20.8 Å². The Bertz CT molecular complexity index is 447. The van der Waals surface area contributed by atoms with E-state index in [-0.39, 0.29) is 5.56 Å². The highest BCUT2D eigenvalue weighted by molar-refractivity contribution is 5.67. The third-order valence-electron chi connectivity index (χ3n) is 2.23. The first-order chi connectivity index (χ1) is 8.63. The number of rotatable bonds is 5. The number of carbonyl (C=O) groups is 1. The van der Waals surface area contributed by atoms with Crippen molar-refractivity contribution in [2.75, 3.05) is 13.1 Å². The summed E-state index contributed by atoms with van der Waals surface area (Å²) in [5, 5.41) is 2.55. The van der Waals surface area contributed by atoms with Gasteiger partial charge >= 0.3 is 6.09 Å². The highest BCUT2D eigenvalue weighted by atomic mass is 16.6. The molecule has 0 aliphatic heterocycles. The number of hydrogen-bond acceptors (Lipinski definition) is 4. The summed E-state index contributed by atoms with van der Waals surface area (Å²) in [6.07, 6.45) is 4.06. The van der Waals surface area contributed by atoms with E-state index in [4.69, 9.17) is 10.5 Å². The topological polar surface area (TPSA) is 97.2 Å². The van der Waals surface area contributed by atoms with Gasteiger partial charge in [-0.15, -0.1) is 0 Å². The smallest absolute Gasteiger partial charge is 0.407 e. The fourth-order valence-corrected chi connectivity index (χ4v) is 1.27. The summed E-state index contributed by atoms with van der Waals surface area (Å²) < 4.78 is 5.12. The summed E-state index contributed by atoms with van der Waals surface area (Å²) in [4.78, 5) is 24.8. The monoisotopic (exact) mass is 251 g/mol. The van der Waals surface area contributed by atoms with Crippen molar-refractivity contribution in [1.29, 1.82) is 0 Å². The van der Waals surface area contributed by atoms with Gasteiger partial charge in [-0.1, -0.05) is 12.2 Å². The molecule has 0 fully saturated rings. The molecule has 4 N–H and O–H groups in total. The van der Waals surface area contributed by atoms with Crippen LogP contribution in [0.15, 0.2) is 35.3 Å². The van der Waals surface area contributed by atoms with Crippen LogP contribution >= 0.6 is 0 Å². The van der Waals surface area contributed by atoms with Crippen molar-refractivity contribution >= 4 is 6.09 Å². The number of alkyl carbamates (subject to hydrolysis) is 1. The van der Waals surface area contributed by atoms with Crippen molar-refractivity contribution in [3.63, 3.8) is 0 Å². The van der Waals surface area contributed by atoms with Crippen LogP contribution in [-0.4, -0.2) is 24.2 Å². The maximum Gasteiger partial charge on any atom is 0.407 e. The molecule has 0 radical (unpaired) electrons. The SMILES string of the molecule is C[C@H](OC(=O)NC/C=C/CN)c1ccc(=O)[nH]c1. The first-order valence-corrected chi connectivity index (χ1v) is 5.61. The Balaban J connectivity index is 2.42. The highest BCUT2D eigenvalue weighted by Gasteiger charge is 2.10. The van der Waals surface area contributed by atoms with E-state index in [1.165, 1.54) is 12.3 Å². The molecule has 1 atom stereocenters. The molecule has 1 heterocycles. The third-order valence-corrected chi connectivity index (χ3v) is 2.23. The Morgan fingerprint density at radius 2 is 2.33 bits per heavy atom. The second kappa shape index (κ2) is 7.29. The van der Waals surface area contributed by atoms with Crippen molar-refractivity contribution in [2.45, 2.75) is 13.0 Å². The van der Waals surface area contributed by atoms with Gasteiger partial charge in [0.15, 0.2) is 0 Å². The first kappa shape index (κ1) is 14.0. The van der Waals surface area contributed by atoms with Gasteiger partial charge in [0.1, 0.15) is 6.10 Å². The number of carbonyl (C=O) groups excluding carboxylic acids is 1. The number of aromatic nitrogens is 1. The Labute approximate surface area is 105 Å². The van der Waals surface area contributed by atoms with E-state index < -0.39 is 12.2 Å². The van der Waals surface area contributed by atoms with E-state index in [0.717, 1.165) is 5.56 Å². The fraction of sp³-hybridized carbons (Fsp3) is 0.333. The minimum absolute atomic E-state index is 0.192. The summed E-state index contributed by atoms with van der Waals surface area (Å²) in [5.74, 6) is 0. The Kier molecular flexibility index (Phi) is 5.66. The molecule has 1 rings (SSSR count). The number of amides is 1. The summed E-state index contributed by atoms with van der Waals surface area (Å²) in [7, 11) is 0. The van der Waals surface area contributed by atoms with Gasteiger partial charge in [-0.2, -0.15) is 0 Å². The molecule has 18 heavy (non-hydrogen) atoms. The lowest BCUT2D eigenvalue weighted by molar-refractivity contribution is 0.108. The Morgan fingerprint density at radius 1 is 1.56 bits per heavy atom.